The molecule has 4 aliphatic rings. The first-order valence-corrected chi connectivity index (χ1v) is 17.6. The van der Waals surface area contributed by atoms with Crippen LogP contribution in [0.1, 0.15) is 20.8 Å². The summed E-state index contributed by atoms with van der Waals surface area (Å²) < 4.78 is 40.7. The average Bonchev–Trinajstić information content (AvgIpc) is 3.13. The Hall–Kier alpha value is -2.31. The number of aliphatic hydroxyl groups excluding tert-OH is 10. The number of carbonyl (C=O) groups is 3. The average molecular weight is 803 g/mol. The Balaban J connectivity index is 1.60. The number of carbonyl (C=O) groups excluding carboxylic acids is 3. The summed E-state index contributed by atoms with van der Waals surface area (Å²) in [7, 11) is 1.42. The van der Waals surface area contributed by atoms with Gasteiger partial charge in [0.2, 0.25) is 17.7 Å². The molecule has 318 valence electrons. The number of hydrogen-bond donors (Lipinski definition) is 14. The van der Waals surface area contributed by atoms with Crippen molar-refractivity contribution >= 4 is 17.7 Å². The Morgan fingerprint density at radius 2 is 0.800 bits per heavy atom. The van der Waals surface area contributed by atoms with E-state index < -0.39 is 167 Å². The first-order valence-electron chi connectivity index (χ1n) is 17.6. The number of rotatable bonds is 14. The van der Waals surface area contributed by atoms with Crippen molar-refractivity contribution in [1.29, 1.82) is 0 Å². The Labute approximate surface area is 314 Å². The number of nitrogens with one attached hydrogen (secondary N) is 4. The number of hydrogen-bond acceptors (Lipinski definition) is 21. The quantitative estimate of drug-likeness (QED) is 0.0775. The summed E-state index contributed by atoms with van der Waals surface area (Å²) in [5.41, 5.74) is 0. The van der Waals surface area contributed by atoms with Crippen molar-refractivity contribution in [1.82, 2.24) is 21.3 Å². The molecule has 14 N–H and O–H groups in total. The van der Waals surface area contributed by atoms with Crippen LogP contribution in [0.5, 0.6) is 0 Å². The molecule has 0 aromatic heterocycles. The summed E-state index contributed by atoms with van der Waals surface area (Å²) in [5, 5.41) is 116. The Kier molecular flexibility index (Phi) is 16.4. The SMILES string of the molecule is CNC1C(OC2C(CO)OC(OC3C(CO)OC(OC4C(CO)OC(O)C(NC(C)=O)C4O)C(NC(C)=O)C3O)C(NC(C)=O)C2O)OC(CO)C(O)C1O. The second-order valence-electron chi connectivity index (χ2n) is 13.7. The highest BCUT2D eigenvalue weighted by atomic mass is 16.8. The van der Waals surface area contributed by atoms with E-state index in [2.05, 4.69) is 21.3 Å². The van der Waals surface area contributed by atoms with Gasteiger partial charge in [-0.3, -0.25) is 14.4 Å². The zero-order valence-electron chi connectivity index (χ0n) is 30.4. The molecule has 0 aromatic carbocycles. The van der Waals surface area contributed by atoms with Gasteiger partial charge in [0, 0.05) is 20.8 Å². The minimum Gasteiger partial charge on any atom is -0.394 e. The van der Waals surface area contributed by atoms with Gasteiger partial charge in [-0.25, -0.2) is 0 Å². The highest BCUT2D eigenvalue weighted by molar-refractivity contribution is 5.74. The van der Waals surface area contributed by atoms with Crippen LogP contribution in [0.25, 0.3) is 0 Å². The fraction of sp³-hybridized carbons (Fsp3) is 0.903. The van der Waals surface area contributed by atoms with Crippen LogP contribution in [0.15, 0.2) is 0 Å². The molecule has 0 saturated carbocycles. The van der Waals surface area contributed by atoms with Gasteiger partial charge in [-0.05, 0) is 7.05 Å². The van der Waals surface area contributed by atoms with E-state index in [1.807, 2.05) is 0 Å². The van der Waals surface area contributed by atoms with E-state index in [1.165, 1.54) is 7.05 Å². The second-order valence-corrected chi connectivity index (χ2v) is 13.7. The standard InChI is InChI=1S/C31H54N4O20/c1-9(40)33-16-22(45)25(13(6-37)49-28(16)48)54-30-19(35-11(3)42)24(47)27(15(8-39)52-30)55-31-18(34-10(2)41)23(46)26(14(7-38)51-31)53-29-17(32-4)21(44)20(43)12(5-36)50-29/h12-32,36-39,43-48H,5-8H2,1-4H3,(H,33,40)(H,34,41)(H,35,42). The van der Waals surface area contributed by atoms with Gasteiger partial charge < -0.3 is 105 Å². The molecule has 0 radical (unpaired) electrons. The fourth-order valence-electron chi connectivity index (χ4n) is 7.09. The van der Waals surface area contributed by atoms with Gasteiger partial charge in [-0.15, -0.1) is 0 Å². The minimum atomic E-state index is -1.86. The lowest BCUT2D eigenvalue weighted by atomic mass is 9.93. The highest BCUT2D eigenvalue weighted by Gasteiger charge is 2.56. The van der Waals surface area contributed by atoms with E-state index >= 15 is 0 Å². The maximum Gasteiger partial charge on any atom is 0.217 e. The molecule has 24 heteroatoms. The maximum atomic E-state index is 12.4. The molecule has 0 aromatic rings. The summed E-state index contributed by atoms with van der Waals surface area (Å²) in [6.07, 6.45) is -25.6. The third kappa shape index (κ3) is 10.2. The monoisotopic (exact) mass is 802 g/mol. The summed E-state index contributed by atoms with van der Waals surface area (Å²) in [5.74, 6) is -2.08. The fourth-order valence-corrected chi connectivity index (χ4v) is 7.09. The predicted molar refractivity (Wildman–Crippen MR) is 176 cm³/mol. The number of likely N-dealkylation sites (N-methyl/N-ethyl adjacent to an activating group) is 1. The topological polar surface area (TPSA) is 366 Å². The highest BCUT2D eigenvalue weighted by Crippen LogP contribution is 2.34. The van der Waals surface area contributed by atoms with E-state index in [9.17, 15) is 65.4 Å². The normalized spacial score (nSPS) is 45.1. The molecule has 4 heterocycles. The molecule has 0 bridgehead atoms. The van der Waals surface area contributed by atoms with Crippen molar-refractivity contribution in [3.8, 4) is 0 Å². The van der Waals surface area contributed by atoms with Crippen LogP contribution in [0, 0.1) is 0 Å². The van der Waals surface area contributed by atoms with Crippen LogP contribution in [-0.2, 0) is 47.5 Å². The third-order valence-electron chi connectivity index (χ3n) is 9.78. The molecule has 4 fully saturated rings. The molecule has 55 heavy (non-hydrogen) atoms. The van der Waals surface area contributed by atoms with E-state index in [0.717, 1.165) is 20.8 Å². The van der Waals surface area contributed by atoms with E-state index in [1.54, 1.807) is 0 Å². The van der Waals surface area contributed by atoms with E-state index in [0.29, 0.717) is 0 Å². The Morgan fingerprint density at radius 3 is 1.16 bits per heavy atom. The van der Waals surface area contributed by atoms with Crippen molar-refractivity contribution in [3.63, 3.8) is 0 Å². The minimum absolute atomic E-state index is 0.652. The lowest BCUT2D eigenvalue weighted by Crippen LogP contribution is -2.71. The molecule has 4 aliphatic heterocycles. The molecule has 20 unspecified atom stereocenters. The first kappa shape index (κ1) is 45.4. The summed E-state index contributed by atoms with van der Waals surface area (Å²) in [6.45, 7) is 0.0441. The summed E-state index contributed by atoms with van der Waals surface area (Å²) in [6, 6.07) is -5.67. The van der Waals surface area contributed by atoms with Gasteiger partial charge in [0.05, 0.1) is 32.5 Å². The van der Waals surface area contributed by atoms with Crippen molar-refractivity contribution in [3.05, 3.63) is 0 Å². The van der Waals surface area contributed by atoms with E-state index in [-0.39, 0.29) is 0 Å². The van der Waals surface area contributed by atoms with Gasteiger partial charge in [0.25, 0.3) is 0 Å². The molecule has 4 saturated heterocycles. The smallest absolute Gasteiger partial charge is 0.217 e. The van der Waals surface area contributed by atoms with Gasteiger partial charge >= 0.3 is 0 Å². The van der Waals surface area contributed by atoms with Gasteiger partial charge in [0.1, 0.15) is 91.4 Å². The van der Waals surface area contributed by atoms with Crippen LogP contribution in [-0.4, -0.2) is 225 Å². The first-order chi connectivity index (χ1) is 26.0. The number of amides is 3. The molecular weight excluding hydrogens is 748 g/mol. The van der Waals surface area contributed by atoms with Crippen LogP contribution < -0.4 is 21.3 Å². The Bertz CT molecular complexity index is 1270. The van der Waals surface area contributed by atoms with Crippen LogP contribution in [0.4, 0.5) is 0 Å². The predicted octanol–water partition coefficient (Wildman–Crippen LogP) is -9.09. The summed E-state index contributed by atoms with van der Waals surface area (Å²) in [4.78, 5) is 36.4. The molecule has 24 nitrogen and oxygen atoms in total. The molecule has 20 atom stereocenters. The lowest BCUT2D eigenvalue weighted by molar-refractivity contribution is -0.362. The van der Waals surface area contributed by atoms with E-state index in [4.69, 9.17) is 33.2 Å². The molecular formula is C31H54N4O20. The van der Waals surface area contributed by atoms with Crippen LogP contribution in [0.2, 0.25) is 0 Å². The van der Waals surface area contributed by atoms with Crippen LogP contribution >= 0.6 is 0 Å². The molecule has 3 amide bonds. The van der Waals surface area contributed by atoms with Crippen molar-refractivity contribution in [2.24, 2.45) is 0 Å². The Morgan fingerprint density at radius 1 is 0.473 bits per heavy atom. The zero-order chi connectivity index (χ0) is 40.9. The summed E-state index contributed by atoms with van der Waals surface area (Å²) >= 11 is 0. The van der Waals surface area contributed by atoms with Crippen LogP contribution in [0.3, 0.4) is 0 Å². The zero-order valence-corrected chi connectivity index (χ0v) is 30.4. The number of aliphatic hydroxyl groups is 10. The number of ether oxygens (including phenoxy) is 7. The van der Waals surface area contributed by atoms with Crippen molar-refractivity contribution in [2.45, 2.75) is 143 Å². The maximum absolute atomic E-state index is 12.4. The van der Waals surface area contributed by atoms with Crippen molar-refractivity contribution in [2.75, 3.05) is 33.5 Å². The third-order valence-corrected chi connectivity index (χ3v) is 9.78. The molecule has 0 aliphatic carbocycles. The van der Waals surface area contributed by atoms with Gasteiger partial charge in [-0.2, -0.15) is 0 Å². The largest absolute Gasteiger partial charge is 0.394 e. The van der Waals surface area contributed by atoms with Gasteiger partial charge in [-0.1, -0.05) is 0 Å². The second kappa shape index (κ2) is 19.9. The van der Waals surface area contributed by atoms with Gasteiger partial charge in [0.15, 0.2) is 25.2 Å². The molecule has 4 rings (SSSR count). The van der Waals surface area contributed by atoms with Crippen molar-refractivity contribution < 1.29 is 98.6 Å². The molecule has 0 spiro atoms. The lowest BCUT2D eigenvalue weighted by Gasteiger charge is -2.51.